The van der Waals surface area contributed by atoms with Crippen molar-refractivity contribution in [2.45, 2.75) is 40.0 Å². The summed E-state index contributed by atoms with van der Waals surface area (Å²) in [5.41, 5.74) is 12.5. The minimum absolute atomic E-state index is 0. The van der Waals surface area contributed by atoms with Crippen molar-refractivity contribution in [2.24, 2.45) is 0 Å². The maximum atomic E-state index is 2.48. The van der Waals surface area contributed by atoms with Gasteiger partial charge in [-0.1, -0.05) is 134 Å². The molecule has 0 amide bonds. The van der Waals surface area contributed by atoms with Crippen molar-refractivity contribution in [3.05, 3.63) is 155 Å². The SMILES string of the molecule is Cc1ccc(C[C@@H](C)c2cccc([B-](c3ccccc3)(c3ccccc3)c3ccccc3)c2)c(C)c1C.[NH4+]. The van der Waals surface area contributed by atoms with Crippen LogP contribution in [0.3, 0.4) is 0 Å². The predicted octanol–water partition coefficient (Wildman–Crippen LogP) is 6.71. The maximum absolute atomic E-state index is 2.48. The van der Waals surface area contributed by atoms with Crippen molar-refractivity contribution in [1.29, 1.82) is 0 Å². The van der Waals surface area contributed by atoms with E-state index in [1.807, 2.05) is 0 Å². The molecule has 5 aromatic rings. The highest BCUT2D eigenvalue weighted by atomic mass is 14.2. The van der Waals surface area contributed by atoms with Crippen LogP contribution in [-0.2, 0) is 6.42 Å². The highest BCUT2D eigenvalue weighted by Gasteiger charge is 2.31. The summed E-state index contributed by atoms with van der Waals surface area (Å²) in [7, 11) is 0. The Morgan fingerprint density at radius 2 is 1.00 bits per heavy atom. The highest BCUT2D eigenvalue weighted by molar-refractivity contribution is 7.19. The van der Waals surface area contributed by atoms with Crippen LogP contribution >= 0.6 is 0 Å². The third-order valence-corrected chi connectivity index (χ3v) is 8.57. The van der Waals surface area contributed by atoms with Gasteiger partial charge in [-0.3, -0.25) is 0 Å². The molecule has 0 aliphatic rings. The molecule has 0 aromatic heterocycles. The van der Waals surface area contributed by atoms with Gasteiger partial charge in [-0.25, -0.2) is 0 Å². The fraction of sp³-hybridized carbons (Fsp3) is 0.167. The van der Waals surface area contributed by atoms with E-state index in [2.05, 4.69) is 155 Å². The second-order valence-corrected chi connectivity index (χ2v) is 10.7. The van der Waals surface area contributed by atoms with Gasteiger partial charge in [-0.05, 0) is 60.9 Å². The molecule has 0 saturated heterocycles. The second kappa shape index (κ2) is 11.7. The van der Waals surface area contributed by atoms with E-state index in [9.17, 15) is 0 Å². The number of aryl methyl sites for hydroxylation is 1. The third kappa shape index (κ3) is 4.97. The van der Waals surface area contributed by atoms with Gasteiger partial charge < -0.3 is 6.15 Å². The number of benzene rings is 5. The molecule has 38 heavy (non-hydrogen) atoms. The van der Waals surface area contributed by atoms with Gasteiger partial charge in [-0.2, -0.15) is 21.9 Å². The van der Waals surface area contributed by atoms with Crippen LogP contribution in [0.15, 0.2) is 127 Å². The fourth-order valence-corrected chi connectivity index (χ4v) is 6.20. The molecule has 5 aromatic carbocycles. The molecular weight excluding hydrogens is 457 g/mol. The number of rotatable bonds is 7. The van der Waals surface area contributed by atoms with Gasteiger partial charge in [0.15, 0.2) is 0 Å². The molecule has 1 atom stereocenters. The summed E-state index contributed by atoms with van der Waals surface area (Å²) in [6.07, 6.45) is -0.307. The van der Waals surface area contributed by atoms with E-state index >= 15 is 0 Å². The number of hydrogen-bond acceptors (Lipinski definition) is 0. The van der Waals surface area contributed by atoms with Crippen LogP contribution in [0, 0.1) is 20.8 Å². The Hall–Kier alpha value is -3.88. The van der Waals surface area contributed by atoms with Crippen molar-refractivity contribution in [2.75, 3.05) is 0 Å². The summed E-state index contributed by atoms with van der Waals surface area (Å²) in [4.78, 5) is 0. The summed E-state index contributed by atoms with van der Waals surface area (Å²) in [6.45, 7) is 9.10. The van der Waals surface area contributed by atoms with Crippen LogP contribution in [0.1, 0.15) is 40.7 Å². The largest absolute Gasteiger partial charge is 0.369 e. The topological polar surface area (TPSA) is 36.5 Å². The Morgan fingerprint density at radius 3 is 1.50 bits per heavy atom. The second-order valence-electron chi connectivity index (χ2n) is 10.7. The lowest BCUT2D eigenvalue weighted by atomic mass is 9.13. The fourth-order valence-electron chi connectivity index (χ4n) is 6.20. The normalized spacial score (nSPS) is 12.0. The number of quaternary nitrogens is 1. The average Bonchev–Trinajstić information content (AvgIpc) is 2.96. The molecule has 0 fully saturated rings. The minimum Gasteiger partial charge on any atom is -0.369 e. The smallest absolute Gasteiger partial charge is 0.108 e. The quantitative estimate of drug-likeness (QED) is 0.243. The summed E-state index contributed by atoms with van der Waals surface area (Å²) >= 11 is 0. The Bertz CT molecular complexity index is 1380. The molecule has 0 saturated carbocycles. The van der Waals surface area contributed by atoms with Crippen LogP contribution in [0.2, 0.25) is 0 Å². The monoisotopic (exact) mass is 497 g/mol. The molecule has 5 rings (SSSR count). The van der Waals surface area contributed by atoms with Crippen LogP contribution in [0.25, 0.3) is 0 Å². The molecular formula is C36H40BN. The molecule has 0 bridgehead atoms. The Kier molecular flexibility index (Phi) is 8.34. The average molecular weight is 498 g/mol. The molecule has 0 unspecified atom stereocenters. The zero-order valence-corrected chi connectivity index (χ0v) is 23.5. The maximum Gasteiger partial charge on any atom is 0.108 e. The standard InChI is InChI=1S/C36H36B.H3N/c1-27-23-24-32(30(4)29(27)3)25-28(2)31-15-14-22-36(26-31)37(33-16-8-5-9-17-33,34-18-10-6-11-19-34)35-20-12-7-13-21-35;/h5-24,26,28H,25H2,1-4H3;1H3/q-1;/p+1/t28-;/m1./s1. The van der Waals surface area contributed by atoms with E-state index in [4.69, 9.17) is 0 Å². The van der Waals surface area contributed by atoms with Gasteiger partial charge in [0, 0.05) is 0 Å². The highest BCUT2D eigenvalue weighted by Crippen LogP contribution is 2.25. The van der Waals surface area contributed by atoms with Crippen LogP contribution in [0.4, 0.5) is 0 Å². The predicted molar refractivity (Wildman–Crippen MR) is 169 cm³/mol. The summed E-state index contributed by atoms with van der Waals surface area (Å²) in [5, 5.41) is 0. The molecule has 4 N–H and O–H groups in total. The minimum atomic E-state index is -1.35. The van der Waals surface area contributed by atoms with E-state index in [0.717, 1.165) is 6.42 Å². The van der Waals surface area contributed by atoms with Crippen molar-refractivity contribution >= 4 is 28.0 Å². The van der Waals surface area contributed by atoms with Gasteiger partial charge in [0.1, 0.15) is 6.15 Å². The van der Waals surface area contributed by atoms with E-state index in [1.165, 1.54) is 49.7 Å². The van der Waals surface area contributed by atoms with Gasteiger partial charge in [0.2, 0.25) is 0 Å². The molecule has 0 aliphatic carbocycles. The zero-order chi connectivity index (χ0) is 25.8. The van der Waals surface area contributed by atoms with E-state index in [1.54, 1.807) is 0 Å². The van der Waals surface area contributed by atoms with Gasteiger partial charge in [-0.15, -0.1) is 0 Å². The van der Waals surface area contributed by atoms with E-state index in [-0.39, 0.29) is 6.15 Å². The Labute approximate surface area is 229 Å². The summed E-state index contributed by atoms with van der Waals surface area (Å²) in [6, 6.07) is 47.2. The summed E-state index contributed by atoms with van der Waals surface area (Å²) in [5.74, 6) is 0.413. The van der Waals surface area contributed by atoms with Crippen LogP contribution in [-0.4, -0.2) is 6.15 Å². The van der Waals surface area contributed by atoms with Gasteiger partial charge in [0.25, 0.3) is 0 Å². The third-order valence-electron chi connectivity index (χ3n) is 8.57. The molecule has 192 valence electrons. The Balaban J connectivity index is 0.00000336. The molecule has 0 heterocycles. The zero-order valence-electron chi connectivity index (χ0n) is 23.5. The van der Waals surface area contributed by atoms with Gasteiger partial charge >= 0.3 is 0 Å². The number of hydrogen-bond donors (Lipinski definition) is 1. The first-order valence-corrected chi connectivity index (χ1v) is 13.5. The first-order valence-electron chi connectivity index (χ1n) is 13.5. The lowest BCUT2D eigenvalue weighted by Gasteiger charge is -2.44. The van der Waals surface area contributed by atoms with Crippen LogP contribution in [0.5, 0.6) is 0 Å². The Morgan fingerprint density at radius 1 is 0.526 bits per heavy atom. The first-order chi connectivity index (χ1) is 18.0. The van der Waals surface area contributed by atoms with Gasteiger partial charge in [0.05, 0.1) is 0 Å². The lowest BCUT2D eigenvalue weighted by molar-refractivity contribution is 0.755. The van der Waals surface area contributed by atoms with E-state index < -0.39 is 6.15 Å². The van der Waals surface area contributed by atoms with Crippen molar-refractivity contribution < 1.29 is 0 Å². The van der Waals surface area contributed by atoms with Crippen molar-refractivity contribution in [3.63, 3.8) is 0 Å². The van der Waals surface area contributed by atoms with E-state index in [0.29, 0.717) is 5.92 Å². The van der Waals surface area contributed by atoms with Crippen LogP contribution < -0.4 is 28.0 Å². The van der Waals surface area contributed by atoms with Crippen molar-refractivity contribution in [1.82, 2.24) is 6.15 Å². The molecule has 0 aliphatic heterocycles. The molecule has 0 spiro atoms. The first kappa shape index (κ1) is 27.2. The molecule has 0 radical (unpaired) electrons. The molecule has 1 nitrogen and oxygen atoms in total. The summed E-state index contributed by atoms with van der Waals surface area (Å²) < 4.78 is 0. The molecule has 2 heteroatoms. The van der Waals surface area contributed by atoms with Crippen molar-refractivity contribution in [3.8, 4) is 0 Å². The lowest BCUT2D eigenvalue weighted by Crippen LogP contribution is -2.74.